The van der Waals surface area contributed by atoms with Crippen LogP contribution in [0.5, 0.6) is 5.75 Å². The van der Waals surface area contributed by atoms with Crippen molar-refractivity contribution in [1.82, 2.24) is 9.97 Å². The number of carboxylic acids is 1. The molecule has 32 heavy (non-hydrogen) atoms. The minimum absolute atomic E-state index is 0.0488. The van der Waals surface area contributed by atoms with Crippen molar-refractivity contribution in [3.63, 3.8) is 0 Å². The van der Waals surface area contributed by atoms with Gasteiger partial charge in [0.2, 0.25) is 5.75 Å². The number of aromatic amines is 1. The molecule has 1 unspecified atom stereocenters. The molecule has 2 N–H and O–H groups in total. The minimum atomic E-state index is -1.34. The van der Waals surface area contributed by atoms with Crippen molar-refractivity contribution < 1.29 is 14.6 Å². The fourth-order valence-electron chi connectivity index (χ4n) is 3.38. The zero-order valence-corrected chi connectivity index (χ0v) is 17.7. The van der Waals surface area contributed by atoms with Crippen molar-refractivity contribution in [2.24, 2.45) is 0 Å². The van der Waals surface area contributed by atoms with E-state index in [2.05, 4.69) is 23.1 Å². The number of hydrogen-bond acceptors (Lipinski definition) is 4. The van der Waals surface area contributed by atoms with Crippen LogP contribution in [-0.2, 0) is 6.61 Å². The molecule has 6 heteroatoms. The standard InChI is InChI=1S/C26H24N2O4/c1-4-20(21(5-2)19-14-10-7-11-15-19)17(3)24-27-22(26(30)31)23(25(29)28-24)32-16-18-12-8-6-9-13-18/h4-15,17H,1-2,16H2,3H3,(H,30,31)(H,27,28,29)/b21-20-. The summed E-state index contributed by atoms with van der Waals surface area (Å²) in [4.78, 5) is 31.5. The summed E-state index contributed by atoms with van der Waals surface area (Å²) in [7, 11) is 0. The fourth-order valence-corrected chi connectivity index (χ4v) is 3.38. The van der Waals surface area contributed by atoms with Gasteiger partial charge in [0.15, 0.2) is 5.69 Å². The van der Waals surface area contributed by atoms with Crippen molar-refractivity contribution in [3.05, 3.63) is 125 Å². The van der Waals surface area contributed by atoms with Crippen LogP contribution in [-0.4, -0.2) is 21.0 Å². The zero-order valence-electron chi connectivity index (χ0n) is 17.7. The molecule has 6 nitrogen and oxygen atoms in total. The van der Waals surface area contributed by atoms with Gasteiger partial charge in [0.25, 0.3) is 5.56 Å². The molecule has 0 aliphatic carbocycles. The molecule has 0 spiro atoms. The van der Waals surface area contributed by atoms with Gasteiger partial charge < -0.3 is 14.8 Å². The van der Waals surface area contributed by atoms with Gasteiger partial charge >= 0.3 is 5.97 Å². The largest absolute Gasteiger partial charge is 0.481 e. The van der Waals surface area contributed by atoms with Crippen molar-refractivity contribution in [3.8, 4) is 5.75 Å². The first-order valence-corrected chi connectivity index (χ1v) is 10.0. The van der Waals surface area contributed by atoms with Gasteiger partial charge in [0.1, 0.15) is 12.4 Å². The van der Waals surface area contributed by atoms with E-state index in [1.807, 2.05) is 67.6 Å². The predicted octanol–water partition coefficient (Wildman–Crippen LogP) is 4.98. The molecule has 1 atom stereocenters. The number of aromatic carboxylic acids is 1. The molecule has 1 aromatic heterocycles. The average Bonchev–Trinajstić information content (AvgIpc) is 2.82. The molecule has 162 valence electrons. The molecule has 1 heterocycles. The van der Waals surface area contributed by atoms with Crippen molar-refractivity contribution >= 4 is 11.5 Å². The molecule has 0 fully saturated rings. The summed E-state index contributed by atoms with van der Waals surface area (Å²) in [5.74, 6) is -1.92. The highest BCUT2D eigenvalue weighted by atomic mass is 16.5. The maximum Gasteiger partial charge on any atom is 0.358 e. The lowest BCUT2D eigenvalue weighted by atomic mass is 9.91. The van der Waals surface area contributed by atoms with E-state index in [0.717, 1.165) is 22.3 Å². The van der Waals surface area contributed by atoms with Gasteiger partial charge in [-0.3, -0.25) is 4.79 Å². The molecular weight excluding hydrogens is 404 g/mol. The van der Waals surface area contributed by atoms with Crippen LogP contribution in [0.4, 0.5) is 0 Å². The van der Waals surface area contributed by atoms with E-state index in [4.69, 9.17) is 4.74 Å². The second kappa shape index (κ2) is 10.2. The van der Waals surface area contributed by atoms with E-state index in [9.17, 15) is 14.7 Å². The summed E-state index contributed by atoms with van der Waals surface area (Å²) in [6, 6.07) is 18.8. The SMILES string of the molecule is C=C/C(=C(\C=C)C(C)c1nc(C(=O)O)c(OCc2ccccc2)c(=O)[nH]1)c1ccccc1. The Morgan fingerprint density at radius 1 is 1.09 bits per heavy atom. The summed E-state index contributed by atoms with van der Waals surface area (Å²) < 4.78 is 5.54. The molecule has 3 aromatic rings. The normalized spacial score (nSPS) is 12.4. The molecule has 0 saturated carbocycles. The highest BCUT2D eigenvalue weighted by Crippen LogP contribution is 2.31. The quantitative estimate of drug-likeness (QED) is 0.469. The maximum atomic E-state index is 12.8. The van der Waals surface area contributed by atoms with E-state index in [-0.39, 0.29) is 18.2 Å². The highest BCUT2D eigenvalue weighted by molar-refractivity contribution is 5.88. The van der Waals surface area contributed by atoms with E-state index in [1.54, 1.807) is 12.2 Å². The van der Waals surface area contributed by atoms with Gasteiger partial charge in [0.05, 0.1) is 0 Å². The van der Waals surface area contributed by atoms with Crippen LogP contribution in [0.15, 0.2) is 96.3 Å². The number of nitrogens with one attached hydrogen (secondary N) is 1. The van der Waals surface area contributed by atoms with Gasteiger partial charge in [-0.15, -0.1) is 0 Å². The second-order valence-corrected chi connectivity index (χ2v) is 7.07. The number of carboxylic acid groups (broad SMARTS) is 1. The van der Waals surface area contributed by atoms with Crippen LogP contribution in [0.3, 0.4) is 0 Å². The summed E-state index contributed by atoms with van der Waals surface area (Å²) in [5, 5.41) is 9.68. The number of nitrogens with zero attached hydrogens (tertiary/aromatic N) is 1. The van der Waals surface area contributed by atoms with Gasteiger partial charge in [-0.1, -0.05) is 92.9 Å². The number of hydrogen-bond donors (Lipinski definition) is 2. The minimum Gasteiger partial charge on any atom is -0.481 e. The third kappa shape index (κ3) is 4.92. The Hall–Kier alpha value is -4.19. The average molecular weight is 428 g/mol. The first-order chi connectivity index (χ1) is 15.5. The van der Waals surface area contributed by atoms with E-state index >= 15 is 0 Å². The van der Waals surface area contributed by atoms with Crippen LogP contribution in [0.25, 0.3) is 5.57 Å². The van der Waals surface area contributed by atoms with Crippen LogP contribution in [0.2, 0.25) is 0 Å². The Bertz CT molecular complexity index is 1210. The van der Waals surface area contributed by atoms with Gasteiger partial charge in [-0.05, 0) is 22.3 Å². The lowest BCUT2D eigenvalue weighted by Crippen LogP contribution is -2.22. The molecule has 0 aliphatic heterocycles. The van der Waals surface area contributed by atoms with Gasteiger partial charge in [-0.2, -0.15) is 0 Å². The summed E-state index contributed by atoms with van der Waals surface area (Å²) in [6.45, 7) is 9.66. The van der Waals surface area contributed by atoms with Crippen molar-refractivity contribution in [2.45, 2.75) is 19.4 Å². The number of allylic oxidation sites excluding steroid dienone is 4. The number of aromatic nitrogens is 2. The smallest absolute Gasteiger partial charge is 0.358 e. The molecule has 3 rings (SSSR count). The topological polar surface area (TPSA) is 92.3 Å². The predicted molar refractivity (Wildman–Crippen MR) is 125 cm³/mol. The number of benzene rings is 2. The summed E-state index contributed by atoms with van der Waals surface area (Å²) >= 11 is 0. The fraction of sp³-hybridized carbons (Fsp3) is 0.115. The lowest BCUT2D eigenvalue weighted by molar-refractivity contribution is 0.0683. The Balaban J connectivity index is 2.03. The summed E-state index contributed by atoms with van der Waals surface area (Å²) in [6.07, 6.45) is 3.37. The third-order valence-electron chi connectivity index (χ3n) is 5.02. The first-order valence-electron chi connectivity index (χ1n) is 10.0. The number of carbonyl (C=O) groups is 1. The molecule has 0 saturated heterocycles. The highest BCUT2D eigenvalue weighted by Gasteiger charge is 2.23. The molecule has 0 radical (unpaired) electrons. The van der Waals surface area contributed by atoms with E-state index in [1.165, 1.54) is 0 Å². The Labute approximate surface area is 186 Å². The lowest BCUT2D eigenvalue weighted by Gasteiger charge is -2.18. The Morgan fingerprint density at radius 3 is 2.28 bits per heavy atom. The Morgan fingerprint density at radius 2 is 1.72 bits per heavy atom. The van der Waals surface area contributed by atoms with Crippen LogP contribution >= 0.6 is 0 Å². The molecule has 0 amide bonds. The van der Waals surface area contributed by atoms with Crippen LogP contribution in [0.1, 0.15) is 40.3 Å². The maximum absolute atomic E-state index is 12.8. The molecular formula is C26H24N2O4. The Kier molecular flexibility index (Phi) is 7.18. The van der Waals surface area contributed by atoms with Crippen molar-refractivity contribution in [1.29, 1.82) is 0 Å². The molecule has 0 bridgehead atoms. The van der Waals surface area contributed by atoms with Crippen molar-refractivity contribution in [2.75, 3.05) is 0 Å². The van der Waals surface area contributed by atoms with E-state index < -0.39 is 23.1 Å². The molecule has 0 aliphatic rings. The zero-order chi connectivity index (χ0) is 23.1. The number of rotatable bonds is 9. The third-order valence-corrected chi connectivity index (χ3v) is 5.02. The number of H-pyrrole nitrogens is 1. The van der Waals surface area contributed by atoms with Crippen LogP contribution in [0, 0.1) is 0 Å². The monoisotopic (exact) mass is 428 g/mol. The van der Waals surface area contributed by atoms with Gasteiger partial charge in [0, 0.05) is 5.92 Å². The number of ether oxygens (including phenoxy) is 1. The van der Waals surface area contributed by atoms with Gasteiger partial charge in [-0.25, -0.2) is 9.78 Å². The first kappa shape index (κ1) is 22.5. The summed E-state index contributed by atoms with van der Waals surface area (Å²) in [5.41, 5.74) is 2.21. The second-order valence-electron chi connectivity index (χ2n) is 7.07. The van der Waals surface area contributed by atoms with E-state index in [0.29, 0.717) is 0 Å². The molecule has 2 aromatic carbocycles. The van der Waals surface area contributed by atoms with Crippen LogP contribution < -0.4 is 10.3 Å².